The summed E-state index contributed by atoms with van der Waals surface area (Å²) < 4.78 is 50.9. The van der Waals surface area contributed by atoms with Crippen molar-refractivity contribution in [2.45, 2.75) is 58.4 Å². The van der Waals surface area contributed by atoms with E-state index in [2.05, 4.69) is 15.3 Å². The number of anilines is 1. The monoisotopic (exact) mass is 588 g/mol. The van der Waals surface area contributed by atoms with Gasteiger partial charge in [-0.05, 0) is 64.8 Å². The zero-order valence-corrected chi connectivity index (χ0v) is 23.5. The number of nitrogens with zero attached hydrogens (tertiary/aromatic N) is 4. The zero-order valence-electron chi connectivity index (χ0n) is 23.5. The van der Waals surface area contributed by atoms with Crippen LogP contribution in [0.15, 0.2) is 42.6 Å². The lowest BCUT2D eigenvalue weighted by molar-refractivity contribution is -0.137. The Balaban J connectivity index is 1.64. The van der Waals surface area contributed by atoms with Crippen LogP contribution in [-0.4, -0.2) is 56.3 Å². The van der Waals surface area contributed by atoms with Crippen molar-refractivity contribution in [2.24, 2.45) is 0 Å². The summed E-state index contributed by atoms with van der Waals surface area (Å²) >= 11 is 0. The Morgan fingerprint density at radius 2 is 1.81 bits per heavy atom. The first kappa shape index (κ1) is 30.3. The Kier molecular flexibility index (Phi) is 8.45. The van der Waals surface area contributed by atoms with Gasteiger partial charge in [0.25, 0.3) is 5.91 Å². The maximum atomic E-state index is 13.0. The van der Waals surface area contributed by atoms with Crippen molar-refractivity contribution in [1.29, 1.82) is 0 Å². The van der Waals surface area contributed by atoms with Gasteiger partial charge in [0.2, 0.25) is 0 Å². The molecule has 3 aromatic rings. The van der Waals surface area contributed by atoms with E-state index < -0.39 is 41.4 Å². The van der Waals surface area contributed by atoms with Crippen molar-refractivity contribution in [3.8, 4) is 11.3 Å². The van der Waals surface area contributed by atoms with Crippen LogP contribution >= 0.6 is 0 Å². The smallest absolute Gasteiger partial charge is 0.416 e. The fraction of sp³-hybridized carbons (Fsp3) is 0.393. The topological polar surface area (TPSA) is 142 Å². The van der Waals surface area contributed by atoms with E-state index in [4.69, 9.17) is 15.3 Å². The molecule has 0 radical (unpaired) electrons. The van der Waals surface area contributed by atoms with Crippen molar-refractivity contribution >= 4 is 23.8 Å². The Morgan fingerprint density at radius 1 is 1.12 bits per heavy atom. The second-order valence-electron chi connectivity index (χ2n) is 10.5. The van der Waals surface area contributed by atoms with Crippen LogP contribution in [0.5, 0.6) is 0 Å². The number of pyridine rings is 1. The summed E-state index contributed by atoms with van der Waals surface area (Å²) in [4.78, 5) is 48.5. The highest BCUT2D eigenvalue weighted by molar-refractivity contribution is 6.04. The number of nitrogens with two attached hydrogens (primary N) is 1. The van der Waals surface area contributed by atoms with Gasteiger partial charge in [-0.1, -0.05) is 12.1 Å². The molecule has 42 heavy (non-hydrogen) atoms. The number of alkyl halides is 3. The van der Waals surface area contributed by atoms with Gasteiger partial charge in [-0.15, -0.1) is 0 Å². The lowest BCUT2D eigenvalue weighted by Crippen LogP contribution is -2.37. The Morgan fingerprint density at radius 3 is 2.43 bits per heavy atom. The van der Waals surface area contributed by atoms with E-state index in [1.54, 1.807) is 27.7 Å². The van der Waals surface area contributed by atoms with Gasteiger partial charge < -0.3 is 20.6 Å². The second kappa shape index (κ2) is 11.7. The third-order valence-corrected chi connectivity index (χ3v) is 6.34. The summed E-state index contributed by atoms with van der Waals surface area (Å²) in [6.07, 6.45) is -2.96. The molecule has 1 fully saturated rings. The average molecular weight is 589 g/mol. The molecule has 1 saturated heterocycles. The number of hydrogen-bond donors (Lipinski definition) is 2. The van der Waals surface area contributed by atoms with Crippen molar-refractivity contribution < 1.29 is 37.0 Å². The van der Waals surface area contributed by atoms with Gasteiger partial charge in [0.15, 0.2) is 11.5 Å². The summed E-state index contributed by atoms with van der Waals surface area (Å²) in [5.74, 6) is 4.95. The molecule has 1 aromatic carbocycles. The minimum absolute atomic E-state index is 0.0479. The molecule has 1 aliphatic rings. The van der Waals surface area contributed by atoms with E-state index in [9.17, 15) is 27.6 Å². The molecule has 4 rings (SSSR count). The summed E-state index contributed by atoms with van der Waals surface area (Å²) in [7, 11) is 0. The van der Waals surface area contributed by atoms with Gasteiger partial charge in [-0.25, -0.2) is 24.2 Å². The van der Waals surface area contributed by atoms with Gasteiger partial charge in [-0.3, -0.25) is 9.69 Å². The number of carbonyl (C=O) groups is 3. The molecule has 1 atom stereocenters. The number of nitrogens with one attached hydrogen (secondary N) is 1. The van der Waals surface area contributed by atoms with Crippen LogP contribution in [0.25, 0.3) is 11.3 Å². The molecular formula is C28H31F3N6O5. The van der Waals surface area contributed by atoms with E-state index in [-0.39, 0.29) is 35.2 Å². The van der Waals surface area contributed by atoms with Gasteiger partial charge >= 0.3 is 18.2 Å². The van der Waals surface area contributed by atoms with Crippen molar-refractivity contribution in [3.05, 3.63) is 65.2 Å². The number of likely N-dealkylation sites (tertiary alicyclic amines) is 1. The number of carbonyl (C=O) groups excluding carboxylic acids is 3. The summed E-state index contributed by atoms with van der Waals surface area (Å²) in [5.41, 5.74) is -0.999. The lowest BCUT2D eigenvalue weighted by atomic mass is 10.1. The number of ether oxygens (including phenoxy) is 2. The zero-order chi connectivity index (χ0) is 30.8. The van der Waals surface area contributed by atoms with Gasteiger partial charge in [0, 0.05) is 23.9 Å². The number of hydrogen-bond acceptors (Lipinski definition) is 8. The SMILES string of the molecule is CCOC(=O)c1c(-c2ccc(C(=O)Nc3cc(C(F)(F)F)ccn3)cc2)nc(C2CCCN2C(=O)OC(C)(C)C)n1N. The van der Waals surface area contributed by atoms with Gasteiger partial charge in [0.05, 0.1) is 18.2 Å². The van der Waals surface area contributed by atoms with Crippen LogP contribution in [0.2, 0.25) is 0 Å². The molecule has 3 heterocycles. The molecule has 1 aliphatic heterocycles. The van der Waals surface area contributed by atoms with E-state index in [0.29, 0.717) is 24.9 Å². The molecule has 0 spiro atoms. The predicted molar refractivity (Wildman–Crippen MR) is 146 cm³/mol. The molecule has 2 amide bonds. The van der Waals surface area contributed by atoms with Crippen LogP contribution in [0, 0.1) is 0 Å². The highest BCUT2D eigenvalue weighted by Gasteiger charge is 2.38. The molecule has 224 valence electrons. The largest absolute Gasteiger partial charge is 0.461 e. The van der Waals surface area contributed by atoms with Crippen molar-refractivity contribution in [2.75, 3.05) is 24.3 Å². The minimum atomic E-state index is -4.59. The van der Waals surface area contributed by atoms with Crippen LogP contribution < -0.4 is 11.2 Å². The molecule has 0 bridgehead atoms. The van der Waals surface area contributed by atoms with Gasteiger partial charge in [0.1, 0.15) is 17.1 Å². The van der Waals surface area contributed by atoms with E-state index in [1.165, 1.54) is 29.2 Å². The number of imidazole rings is 1. The Hall–Kier alpha value is -4.62. The Labute approximate surface area is 239 Å². The number of esters is 1. The maximum absolute atomic E-state index is 13.0. The normalized spacial score (nSPS) is 15.4. The third kappa shape index (κ3) is 6.64. The summed E-state index contributed by atoms with van der Waals surface area (Å²) in [5, 5.41) is 2.34. The maximum Gasteiger partial charge on any atom is 0.416 e. The molecule has 11 nitrogen and oxygen atoms in total. The van der Waals surface area contributed by atoms with Crippen LogP contribution in [0.4, 0.5) is 23.8 Å². The molecule has 1 unspecified atom stereocenters. The van der Waals surface area contributed by atoms with Crippen LogP contribution in [0.3, 0.4) is 0 Å². The summed E-state index contributed by atoms with van der Waals surface area (Å²) in [6, 6.07) is 6.85. The molecule has 0 saturated carbocycles. The van der Waals surface area contributed by atoms with E-state index >= 15 is 0 Å². The highest BCUT2D eigenvalue weighted by atomic mass is 19.4. The molecular weight excluding hydrogens is 557 g/mol. The first-order chi connectivity index (χ1) is 19.7. The highest BCUT2D eigenvalue weighted by Crippen LogP contribution is 2.36. The first-order valence-electron chi connectivity index (χ1n) is 13.2. The van der Waals surface area contributed by atoms with Crippen LogP contribution in [0.1, 0.15) is 78.8 Å². The first-order valence-corrected chi connectivity index (χ1v) is 13.2. The number of rotatable bonds is 6. The predicted octanol–water partition coefficient (Wildman–Crippen LogP) is 5.18. The van der Waals surface area contributed by atoms with Crippen LogP contribution in [-0.2, 0) is 15.7 Å². The number of nitrogen functional groups attached to an aromatic ring is 1. The molecule has 3 N–H and O–H groups in total. The third-order valence-electron chi connectivity index (χ3n) is 6.34. The quantitative estimate of drug-likeness (QED) is 0.296. The fourth-order valence-corrected chi connectivity index (χ4v) is 4.50. The van der Waals surface area contributed by atoms with Crippen molar-refractivity contribution in [3.63, 3.8) is 0 Å². The minimum Gasteiger partial charge on any atom is -0.461 e. The average Bonchev–Trinajstić information content (AvgIpc) is 3.52. The number of amides is 2. The second-order valence-corrected chi connectivity index (χ2v) is 10.5. The van der Waals surface area contributed by atoms with E-state index in [0.717, 1.165) is 23.0 Å². The lowest BCUT2D eigenvalue weighted by Gasteiger charge is -2.28. The standard InChI is InChI=1S/C28H31F3N6O5/c1-5-41-25(39)22-21(35-23(37(22)32)19-7-6-14-36(19)26(40)42-27(2,3)4)16-8-10-17(11-9-16)24(38)34-20-15-18(12-13-33-20)28(29,30)31/h8-13,15,19H,5-7,14,32H2,1-4H3,(H,33,34,38). The molecule has 0 aliphatic carbocycles. The fourth-order valence-electron chi connectivity index (χ4n) is 4.50. The van der Waals surface area contributed by atoms with Gasteiger partial charge in [-0.2, -0.15) is 13.2 Å². The van der Waals surface area contributed by atoms with Crippen molar-refractivity contribution in [1.82, 2.24) is 19.5 Å². The number of aromatic nitrogens is 3. The molecule has 14 heteroatoms. The summed E-state index contributed by atoms with van der Waals surface area (Å²) in [6.45, 7) is 7.42. The Bertz CT molecular complexity index is 1480. The number of halogens is 3. The van der Waals surface area contributed by atoms with E-state index in [1.807, 2.05) is 0 Å². The number of benzene rings is 1. The molecule has 2 aromatic heterocycles.